The summed E-state index contributed by atoms with van der Waals surface area (Å²) in [6, 6.07) is 8.12. The van der Waals surface area contributed by atoms with E-state index in [-0.39, 0.29) is 23.3 Å². The number of nitrogens with zero attached hydrogens (tertiary/aromatic N) is 1. The zero-order valence-electron chi connectivity index (χ0n) is 16.8. The van der Waals surface area contributed by atoms with Gasteiger partial charge >= 0.3 is 0 Å². The van der Waals surface area contributed by atoms with Gasteiger partial charge in [-0.3, -0.25) is 4.79 Å². The number of nitrogens with one attached hydrogen (secondary N) is 1. The highest BCUT2D eigenvalue weighted by molar-refractivity contribution is 7.81. The van der Waals surface area contributed by atoms with Crippen molar-refractivity contribution in [1.82, 2.24) is 5.32 Å². The molecule has 1 aliphatic rings. The van der Waals surface area contributed by atoms with E-state index >= 15 is 0 Å². The summed E-state index contributed by atoms with van der Waals surface area (Å²) in [7, 11) is 0. The van der Waals surface area contributed by atoms with Crippen LogP contribution < -0.4 is 16.0 Å². The molecule has 2 rings (SSSR count). The molecule has 4 nitrogen and oxygen atoms in total. The average Bonchev–Trinajstić information content (AvgIpc) is 3.02. The van der Waals surface area contributed by atoms with Crippen LogP contribution in [0.15, 0.2) is 24.3 Å². The molecule has 1 aromatic rings. The number of hydrogen-bond donors (Lipinski definition) is 3. The third-order valence-corrected chi connectivity index (χ3v) is 5.85. The Morgan fingerprint density at radius 1 is 1.35 bits per heavy atom. The van der Waals surface area contributed by atoms with Crippen LogP contribution in [0.25, 0.3) is 0 Å². The van der Waals surface area contributed by atoms with Crippen molar-refractivity contribution in [3.63, 3.8) is 0 Å². The highest BCUT2D eigenvalue weighted by atomic mass is 32.1. The Labute approximate surface area is 164 Å². The van der Waals surface area contributed by atoms with Gasteiger partial charge in [-0.1, -0.05) is 53.2 Å². The Balaban J connectivity index is 2.26. The van der Waals surface area contributed by atoms with Crippen LogP contribution in [0.3, 0.4) is 0 Å². The van der Waals surface area contributed by atoms with Gasteiger partial charge in [-0.15, -0.1) is 0 Å². The second-order valence-electron chi connectivity index (χ2n) is 8.65. The van der Waals surface area contributed by atoms with Crippen LogP contribution in [0.4, 0.5) is 5.69 Å². The maximum Gasteiger partial charge on any atom is 0.244 e. The van der Waals surface area contributed by atoms with Crippen molar-refractivity contribution >= 4 is 24.2 Å². The van der Waals surface area contributed by atoms with Crippen LogP contribution in [-0.2, 0) is 10.2 Å². The molecule has 26 heavy (non-hydrogen) atoms. The van der Waals surface area contributed by atoms with Gasteiger partial charge in [0.25, 0.3) is 0 Å². The SMILES string of the molecule is CCC(C)[C@H](N)C(=O)N(CC1CC(S)CN1)c1ccc(C(C)(C)C)cc1. The van der Waals surface area contributed by atoms with Crippen LogP contribution >= 0.6 is 12.6 Å². The molecular formula is C21H35N3OS. The number of benzene rings is 1. The quantitative estimate of drug-likeness (QED) is 0.666. The van der Waals surface area contributed by atoms with E-state index in [1.165, 1.54) is 5.56 Å². The maximum atomic E-state index is 13.1. The number of amides is 1. The first kappa shape index (κ1) is 21.3. The monoisotopic (exact) mass is 377 g/mol. The van der Waals surface area contributed by atoms with E-state index in [1.807, 2.05) is 11.8 Å². The minimum Gasteiger partial charge on any atom is -0.320 e. The second kappa shape index (κ2) is 8.77. The summed E-state index contributed by atoms with van der Waals surface area (Å²) in [5.74, 6) is 0.167. The molecule has 0 saturated carbocycles. The highest BCUT2D eigenvalue weighted by Crippen LogP contribution is 2.26. The van der Waals surface area contributed by atoms with Gasteiger partial charge < -0.3 is 16.0 Å². The Bertz CT molecular complexity index is 596. The smallest absolute Gasteiger partial charge is 0.244 e. The van der Waals surface area contributed by atoms with Crippen molar-refractivity contribution in [1.29, 1.82) is 0 Å². The molecule has 0 radical (unpaired) electrons. The zero-order valence-corrected chi connectivity index (χ0v) is 17.7. The van der Waals surface area contributed by atoms with E-state index < -0.39 is 6.04 Å². The van der Waals surface area contributed by atoms with Crippen molar-refractivity contribution in [2.75, 3.05) is 18.0 Å². The lowest BCUT2D eigenvalue weighted by molar-refractivity contribution is -0.120. The predicted octanol–water partition coefficient (Wildman–Crippen LogP) is 3.35. The van der Waals surface area contributed by atoms with E-state index in [0.717, 1.165) is 25.1 Å². The molecule has 3 N–H and O–H groups in total. The van der Waals surface area contributed by atoms with E-state index in [2.05, 4.69) is 69.9 Å². The normalized spacial score (nSPS) is 22.9. The number of thiol groups is 1. The first-order valence-corrected chi connectivity index (χ1v) is 10.2. The van der Waals surface area contributed by atoms with Crippen LogP contribution in [0.5, 0.6) is 0 Å². The lowest BCUT2D eigenvalue weighted by Crippen LogP contribution is -2.50. The fourth-order valence-electron chi connectivity index (χ4n) is 3.30. The van der Waals surface area contributed by atoms with Gasteiger partial charge in [0.2, 0.25) is 5.91 Å². The van der Waals surface area contributed by atoms with Crippen molar-refractivity contribution in [2.45, 2.75) is 70.2 Å². The van der Waals surface area contributed by atoms with Gasteiger partial charge in [-0.25, -0.2) is 0 Å². The van der Waals surface area contributed by atoms with E-state index in [0.29, 0.717) is 11.8 Å². The third kappa shape index (κ3) is 5.24. The summed E-state index contributed by atoms with van der Waals surface area (Å²) < 4.78 is 0. The molecule has 1 saturated heterocycles. The summed E-state index contributed by atoms with van der Waals surface area (Å²) in [5.41, 5.74) is 8.55. The van der Waals surface area contributed by atoms with Crippen LogP contribution in [-0.4, -0.2) is 36.3 Å². The first-order valence-electron chi connectivity index (χ1n) is 9.72. The molecule has 1 amide bonds. The van der Waals surface area contributed by atoms with Gasteiger partial charge in [0.1, 0.15) is 0 Å². The number of hydrogen-bond acceptors (Lipinski definition) is 4. The number of carbonyl (C=O) groups excluding carboxylic acids is 1. The number of carbonyl (C=O) groups is 1. The number of anilines is 1. The Morgan fingerprint density at radius 2 is 1.96 bits per heavy atom. The third-order valence-electron chi connectivity index (χ3n) is 5.45. The van der Waals surface area contributed by atoms with E-state index in [9.17, 15) is 4.79 Å². The average molecular weight is 378 g/mol. The summed E-state index contributed by atoms with van der Waals surface area (Å²) in [5, 5.41) is 3.82. The number of rotatable bonds is 6. The zero-order chi connectivity index (χ0) is 19.5. The maximum absolute atomic E-state index is 13.1. The Morgan fingerprint density at radius 3 is 2.42 bits per heavy atom. The molecule has 4 atom stereocenters. The molecule has 5 heteroatoms. The van der Waals surface area contributed by atoms with Gasteiger partial charge in [0.15, 0.2) is 0 Å². The lowest BCUT2D eigenvalue weighted by Gasteiger charge is -2.31. The summed E-state index contributed by atoms with van der Waals surface area (Å²) in [6.45, 7) is 12.2. The first-order chi connectivity index (χ1) is 12.1. The van der Waals surface area contributed by atoms with Crippen molar-refractivity contribution < 1.29 is 4.79 Å². The largest absolute Gasteiger partial charge is 0.320 e. The van der Waals surface area contributed by atoms with Gasteiger partial charge in [-0.05, 0) is 35.4 Å². The van der Waals surface area contributed by atoms with Crippen LogP contribution in [0.2, 0.25) is 0 Å². The van der Waals surface area contributed by atoms with Gasteiger partial charge in [-0.2, -0.15) is 12.6 Å². The molecule has 1 aromatic carbocycles. The summed E-state index contributed by atoms with van der Waals surface area (Å²) in [6.07, 6.45) is 1.86. The fraction of sp³-hybridized carbons (Fsp3) is 0.667. The minimum absolute atomic E-state index is 0.00673. The van der Waals surface area contributed by atoms with E-state index in [4.69, 9.17) is 5.73 Å². The lowest BCUT2D eigenvalue weighted by atomic mass is 9.87. The molecule has 0 aromatic heterocycles. The second-order valence-corrected chi connectivity index (χ2v) is 9.38. The predicted molar refractivity (Wildman–Crippen MR) is 114 cm³/mol. The fourth-order valence-corrected chi connectivity index (χ4v) is 3.66. The summed E-state index contributed by atoms with van der Waals surface area (Å²) in [4.78, 5) is 15.0. The molecule has 0 aliphatic carbocycles. The minimum atomic E-state index is -0.476. The molecule has 1 fully saturated rings. The van der Waals surface area contributed by atoms with Crippen LogP contribution in [0, 0.1) is 5.92 Å². The highest BCUT2D eigenvalue weighted by Gasteiger charge is 2.30. The van der Waals surface area contributed by atoms with Crippen LogP contribution in [0.1, 0.15) is 53.0 Å². The molecular weight excluding hydrogens is 342 g/mol. The van der Waals surface area contributed by atoms with Gasteiger partial charge in [0, 0.05) is 30.1 Å². The topological polar surface area (TPSA) is 58.4 Å². The van der Waals surface area contributed by atoms with Crippen molar-refractivity contribution in [2.24, 2.45) is 11.7 Å². The Hall–Kier alpha value is -1.04. The van der Waals surface area contributed by atoms with Gasteiger partial charge in [0.05, 0.1) is 6.04 Å². The number of nitrogens with two attached hydrogens (primary N) is 1. The molecule has 146 valence electrons. The summed E-state index contributed by atoms with van der Waals surface area (Å²) >= 11 is 4.56. The standard InChI is InChI=1S/C21H35N3OS/c1-6-14(2)19(22)20(25)24(13-16-11-18(26)12-23-16)17-9-7-15(8-10-17)21(3,4)5/h7-10,14,16,18-19,23,26H,6,11-13,22H2,1-5H3/t14?,16?,18?,19-/m0/s1. The molecule has 3 unspecified atom stereocenters. The Kier molecular flexibility index (Phi) is 7.17. The molecule has 1 aliphatic heterocycles. The van der Waals surface area contributed by atoms with Crippen molar-refractivity contribution in [3.05, 3.63) is 29.8 Å². The molecule has 0 bridgehead atoms. The molecule has 0 spiro atoms. The van der Waals surface area contributed by atoms with Crippen molar-refractivity contribution in [3.8, 4) is 0 Å². The molecule has 1 heterocycles. The van der Waals surface area contributed by atoms with E-state index in [1.54, 1.807) is 0 Å².